The van der Waals surface area contributed by atoms with Crippen LogP contribution in [0.1, 0.15) is 29.6 Å². The Morgan fingerprint density at radius 1 is 1.00 bits per heavy atom. The van der Waals surface area contributed by atoms with E-state index in [0.29, 0.717) is 10.9 Å². The molecule has 0 fully saturated rings. The highest BCUT2D eigenvalue weighted by Crippen LogP contribution is 2.34. The van der Waals surface area contributed by atoms with E-state index in [1.807, 2.05) is 36.4 Å². The van der Waals surface area contributed by atoms with Crippen molar-refractivity contribution in [3.63, 3.8) is 0 Å². The van der Waals surface area contributed by atoms with Gasteiger partial charge in [0.15, 0.2) is 8.07 Å². The van der Waals surface area contributed by atoms with Gasteiger partial charge in [-0.2, -0.15) is 0 Å². The maximum absolute atomic E-state index is 13.4. The highest BCUT2D eigenvalue weighted by molar-refractivity contribution is 7.16. The van der Waals surface area contributed by atoms with Gasteiger partial charge in [0.25, 0.3) is 0 Å². The van der Waals surface area contributed by atoms with E-state index >= 15 is 0 Å². The second-order valence-electron chi connectivity index (χ2n) is 6.23. The second kappa shape index (κ2) is 6.45. The monoisotopic (exact) mass is 306 g/mol. The summed E-state index contributed by atoms with van der Waals surface area (Å²) in [7, 11) is -2.29. The molecule has 3 rings (SSSR count). The van der Waals surface area contributed by atoms with Gasteiger partial charge in [-0.25, -0.2) is 0 Å². The number of benzene rings is 2. The molecule has 2 aromatic rings. The first-order chi connectivity index (χ1) is 10.7. The van der Waals surface area contributed by atoms with Crippen molar-refractivity contribution in [2.45, 2.75) is 31.4 Å². The van der Waals surface area contributed by atoms with Crippen molar-refractivity contribution >= 4 is 18.7 Å². The third-order valence-corrected chi connectivity index (χ3v) is 9.61. The summed E-state index contributed by atoms with van der Waals surface area (Å²) in [6, 6.07) is 20.3. The normalized spacial score (nSPS) is 20.3. The highest BCUT2D eigenvalue weighted by Gasteiger charge is 2.44. The van der Waals surface area contributed by atoms with Crippen LogP contribution in [0.15, 0.2) is 72.8 Å². The van der Waals surface area contributed by atoms with Gasteiger partial charge in [0.2, 0.25) is 0 Å². The zero-order valence-electron chi connectivity index (χ0n) is 13.0. The molecule has 112 valence electrons. The van der Waals surface area contributed by atoms with Crippen molar-refractivity contribution < 1.29 is 4.79 Å². The van der Waals surface area contributed by atoms with Gasteiger partial charge in [-0.15, -0.1) is 0 Å². The Morgan fingerprint density at radius 3 is 2.23 bits per heavy atom. The minimum atomic E-state index is -2.29. The van der Waals surface area contributed by atoms with Gasteiger partial charge in [-0.1, -0.05) is 79.4 Å². The van der Waals surface area contributed by atoms with E-state index < -0.39 is 8.07 Å². The lowest BCUT2D eigenvalue weighted by atomic mass is 10.1. The summed E-state index contributed by atoms with van der Waals surface area (Å²) >= 11 is 0. The Labute approximate surface area is 133 Å². The first kappa shape index (κ1) is 15.0. The van der Waals surface area contributed by atoms with Crippen molar-refractivity contribution in [1.82, 2.24) is 0 Å². The lowest BCUT2D eigenvalue weighted by Crippen LogP contribution is -2.56. The van der Waals surface area contributed by atoms with Crippen LogP contribution in [0.2, 0.25) is 12.1 Å². The first-order valence-corrected chi connectivity index (χ1v) is 10.6. The second-order valence-corrected chi connectivity index (χ2v) is 10.4. The van der Waals surface area contributed by atoms with E-state index in [0.717, 1.165) is 18.4 Å². The average Bonchev–Trinajstić information content (AvgIpc) is 2.62. The van der Waals surface area contributed by atoms with Gasteiger partial charge in [-0.3, -0.25) is 4.79 Å². The minimum Gasteiger partial charge on any atom is -0.300 e. The zero-order chi connectivity index (χ0) is 15.4. The molecule has 2 aromatic carbocycles. The third-order valence-electron chi connectivity index (χ3n) is 4.88. The molecular weight excluding hydrogens is 284 g/mol. The Hall–Kier alpha value is -1.93. The quantitative estimate of drug-likeness (QED) is 0.600. The van der Waals surface area contributed by atoms with E-state index in [1.165, 1.54) is 11.6 Å². The van der Waals surface area contributed by atoms with Gasteiger partial charge >= 0.3 is 0 Å². The summed E-state index contributed by atoms with van der Waals surface area (Å²) in [4.78, 5) is 13.4. The molecule has 0 aromatic heterocycles. The molecule has 1 aliphatic rings. The molecule has 0 heterocycles. The van der Waals surface area contributed by atoms with Crippen molar-refractivity contribution in [3.8, 4) is 0 Å². The lowest BCUT2D eigenvalue weighted by molar-refractivity contribution is 0.106. The van der Waals surface area contributed by atoms with Gasteiger partial charge in [0.05, 0.1) is 0 Å². The number of carbonyl (C=O) groups is 1. The molecule has 0 amide bonds. The number of hydrogen-bond acceptors (Lipinski definition) is 1. The standard InChI is InChI=1S/C20H22OSi/c1-22(18-13-7-3-8-14-18,19-15-9-4-10-16-19)20(21)17-11-5-2-6-12-17/h2-3,5-9,11-15,19H,4,10,16H2,1H3/t19-,22?/m1/s1. The molecule has 0 radical (unpaired) electrons. The fourth-order valence-electron chi connectivity index (χ4n) is 3.48. The first-order valence-electron chi connectivity index (χ1n) is 8.05. The summed E-state index contributed by atoms with van der Waals surface area (Å²) < 4.78 is 0. The summed E-state index contributed by atoms with van der Waals surface area (Å²) in [6.07, 6.45) is 8.05. The van der Waals surface area contributed by atoms with Gasteiger partial charge in [0, 0.05) is 5.56 Å². The number of rotatable bonds is 4. The topological polar surface area (TPSA) is 17.1 Å². The maximum Gasteiger partial charge on any atom is 0.173 e. The Morgan fingerprint density at radius 2 is 1.64 bits per heavy atom. The van der Waals surface area contributed by atoms with Gasteiger partial charge in [-0.05, 0) is 30.0 Å². The molecule has 0 saturated heterocycles. The van der Waals surface area contributed by atoms with E-state index in [-0.39, 0.29) is 0 Å². The summed E-state index contributed by atoms with van der Waals surface area (Å²) in [5.41, 5.74) is 1.26. The van der Waals surface area contributed by atoms with Crippen LogP contribution >= 0.6 is 0 Å². The third kappa shape index (κ3) is 2.71. The summed E-state index contributed by atoms with van der Waals surface area (Å²) in [5, 5.41) is 1.61. The Kier molecular flexibility index (Phi) is 4.39. The van der Waals surface area contributed by atoms with Crippen LogP contribution in [0.3, 0.4) is 0 Å². The minimum absolute atomic E-state index is 0.357. The molecule has 22 heavy (non-hydrogen) atoms. The lowest BCUT2D eigenvalue weighted by Gasteiger charge is -2.34. The molecule has 0 N–H and O–H groups in total. The molecular formula is C20H22OSi. The molecule has 1 nitrogen and oxygen atoms in total. The SMILES string of the molecule is C[Si](C(=O)c1ccccc1)(c1ccccc1)[C@@H]1C=CCCC1. The highest BCUT2D eigenvalue weighted by atomic mass is 28.3. The van der Waals surface area contributed by atoms with Crippen LogP contribution < -0.4 is 5.19 Å². The molecule has 0 bridgehead atoms. The molecule has 1 aliphatic carbocycles. The summed E-state index contributed by atoms with van der Waals surface area (Å²) in [6.45, 7) is 2.25. The fourth-order valence-corrected chi connectivity index (χ4v) is 7.46. The van der Waals surface area contributed by atoms with E-state index in [1.54, 1.807) is 0 Å². The smallest absolute Gasteiger partial charge is 0.173 e. The van der Waals surface area contributed by atoms with Crippen molar-refractivity contribution in [3.05, 3.63) is 78.4 Å². The van der Waals surface area contributed by atoms with E-state index in [9.17, 15) is 4.79 Å². The van der Waals surface area contributed by atoms with Crippen LogP contribution in [0.5, 0.6) is 0 Å². The largest absolute Gasteiger partial charge is 0.300 e. The van der Waals surface area contributed by atoms with E-state index in [4.69, 9.17) is 0 Å². The molecule has 0 aliphatic heterocycles. The van der Waals surface area contributed by atoms with Crippen molar-refractivity contribution in [2.75, 3.05) is 0 Å². The van der Waals surface area contributed by atoms with Gasteiger partial charge in [0.1, 0.15) is 5.41 Å². The molecule has 0 spiro atoms. The molecule has 0 saturated carbocycles. The van der Waals surface area contributed by atoms with Crippen LogP contribution in [-0.2, 0) is 0 Å². The average molecular weight is 306 g/mol. The summed E-state index contributed by atoms with van der Waals surface area (Å²) in [5.74, 6) is 0. The van der Waals surface area contributed by atoms with Crippen molar-refractivity contribution in [2.24, 2.45) is 0 Å². The number of hydrogen-bond donors (Lipinski definition) is 0. The maximum atomic E-state index is 13.4. The Balaban J connectivity index is 2.09. The van der Waals surface area contributed by atoms with Crippen LogP contribution in [0.4, 0.5) is 0 Å². The van der Waals surface area contributed by atoms with Gasteiger partial charge < -0.3 is 0 Å². The molecule has 1 unspecified atom stereocenters. The molecule has 2 heteroatoms. The van der Waals surface area contributed by atoms with E-state index in [2.05, 4.69) is 43.0 Å². The predicted molar refractivity (Wildman–Crippen MR) is 95.2 cm³/mol. The molecule has 2 atom stereocenters. The van der Waals surface area contributed by atoms with Crippen molar-refractivity contribution in [1.29, 1.82) is 0 Å². The predicted octanol–water partition coefficient (Wildman–Crippen LogP) is 4.50. The van der Waals surface area contributed by atoms with Crippen LogP contribution in [-0.4, -0.2) is 13.5 Å². The Bertz CT molecular complexity index is 663. The fraction of sp³-hybridized carbons (Fsp3) is 0.250. The van der Waals surface area contributed by atoms with Crippen LogP contribution in [0, 0.1) is 0 Å². The zero-order valence-corrected chi connectivity index (χ0v) is 14.0. The number of allylic oxidation sites excluding steroid dienone is 2. The van der Waals surface area contributed by atoms with Crippen LogP contribution in [0.25, 0.3) is 0 Å². The number of carbonyl (C=O) groups excluding carboxylic acids is 1.